The molecule has 0 fully saturated rings. The smallest absolute Gasteiger partial charge is 0.244 e. The van der Waals surface area contributed by atoms with Crippen LogP contribution in [0.2, 0.25) is 15.1 Å². The van der Waals surface area contributed by atoms with Crippen molar-refractivity contribution in [1.82, 2.24) is 10.2 Å². The van der Waals surface area contributed by atoms with E-state index in [1.165, 1.54) is 23.1 Å². The maximum absolute atomic E-state index is 14.0. The van der Waals surface area contributed by atoms with Crippen LogP contribution < -0.4 is 9.62 Å². The van der Waals surface area contributed by atoms with Crippen molar-refractivity contribution in [1.29, 1.82) is 0 Å². The number of halogens is 3. The number of carbonyl (C=O) groups excluding carboxylic acids is 2. The standard InChI is InChI=1S/C28H30Cl3N3O4S/c1-19(2)32-28(36)26(15-20-7-5-4-6-8-20)33(17-21-9-11-22(29)12-10-21)27(35)18-34(39(3,37)38)25-16-23(30)13-14-24(25)31/h4-14,16,19,26H,15,17-18H2,1-3H3,(H,32,36)/t26-/m0/s1. The summed E-state index contributed by atoms with van der Waals surface area (Å²) in [6, 6.07) is 19.4. The van der Waals surface area contributed by atoms with Gasteiger partial charge in [0.1, 0.15) is 12.6 Å². The lowest BCUT2D eigenvalue weighted by Crippen LogP contribution is -2.54. The van der Waals surface area contributed by atoms with Gasteiger partial charge < -0.3 is 10.2 Å². The Labute approximate surface area is 244 Å². The molecule has 3 rings (SSSR count). The van der Waals surface area contributed by atoms with Crippen LogP contribution in [0.4, 0.5) is 5.69 Å². The molecule has 0 unspecified atom stereocenters. The van der Waals surface area contributed by atoms with Gasteiger partial charge in [-0.1, -0.05) is 77.3 Å². The van der Waals surface area contributed by atoms with E-state index in [1.54, 1.807) is 24.3 Å². The summed E-state index contributed by atoms with van der Waals surface area (Å²) in [6.07, 6.45) is 1.20. The first-order chi connectivity index (χ1) is 18.3. The minimum Gasteiger partial charge on any atom is -0.352 e. The highest BCUT2D eigenvalue weighted by molar-refractivity contribution is 7.92. The van der Waals surface area contributed by atoms with E-state index in [9.17, 15) is 18.0 Å². The molecule has 2 amide bonds. The molecular formula is C28H30Cl3N3O4S. The molecule has 0 aliphatic carbocycles. The Hall–Kier alpha value is -2.78. The maximum atomic E-state index is 14.0. The fraction of sp³-hybridized carbons (Fsp3) is 0.286. The summed E-state index contributed by atoms with van der Waals surface area (Å²) in [4.78, 5) is 28.9. The summed E-state index contributed by atoms with van der Waals surface area (Å²) in [5, 5.41) is 3.79. The third-order valence-corrected chi connectivity index (χ3v) is 7.76. The lowest BCUT2D eigenvalue weighted by atomic mass is 10.0. The Morgan fingerprint density at radius 3 is 2.08 bits per heavy atom. The Bertz CT molecular complexity index is 1400. The normalized spacial score (nSPS) is 12.2. The minimum absolute atomic E-state index is 0.0416. The highest BCUT2D eigenvalue weighted by Crippen LogP contribution is 2.31. The van der Waals surface area contributed by atoms with Crippen LogP contribution in [0, 0.1) is 0 Å². The molecular weight excluding hydrogens is 581 g/mol. The first-order valence-corrected chi connectivity index (χ1v) is 15.1. The summed E-state index contributed by atoms with van der Waals surface area (Å²) >= 11 is 18.5. The van der Waals surface area contributed by atoms with E-state index >= 15 is 0 Å². The largest absolute Gasteiger partial charge is 0.352 e. The monoisotopic (exact) mass is 609 g/mol. The van der Waals surface area contributed by atoms with Crippen molar-refractivity contribution in [3.8, 4) is 0 Å². The number of rotatable bonds is 11. The fourth-order valence-corrected chi connectivity index (χ4v) is 5.41. The molecule has 208 valence electrons. The molecule has 0 radical (unpaired) electrons. The molecule has 0 aliphatic heterocycles. The minimum atomic E-state index is -3.96. The highest BCUT2D eigenvalue weighted by Gasteiger charge is 2.33. The summed E-state index contributed by atoms with van der Waals surface area (Å²) in [7, 11) is -3.96. The maximum Gasteiger partial charge on any atom is 0.244 e. The lowest BCUT2D eigenvalue weighted by molar-refractivity contribution is -0.140. The molecule has 0 bridgehead atoms. The van der Waals surface area contributed by atoms with Gasteiger partial charge in [0.15, 0.2) is 0 Å². The Morgan fingerprint density at radius 2 is 1.49 bits per heavy atom. The first-order valence-electron chi connectivity index (χ1n) is 12.2. The molecule has 0 saturated heterocycles. The molecule has 3 aromatic carbocycles. The van der Waals surface area contributed by atoms with Crippen molar-refractivity contribution in [2.75, 3.05) is 17.1 Å². The van der Waals surface area contributed by atoms with Gasteiger partial charge in [0.25, 0.3) is 0 Å². The second kappa shape index (κ2) is 13.5. The van der Waals surface area contributed by atoms with Gasteiger partial charge in [-0.2, -0.15) is 0 Å². The van der Waals surface area contributed by atoms with E-state index in [1.807, 2.05) is 44.2 Å². The van der Waals surface area contributed by atoms with E-state index in [-0.39, 0.29) is 40.6 Å². The van der Waals surface area contributed by atoms with Crippen molar-refractivity contribution >= 4 is 62.3 Å². The number of nitrogens with one attached hydrogen (secondary N) is 1. The number of sulfonamides is 1. The molecule has 0 aromatic heterocycles. The van der Waals surface area contributed by atoms with Gasteiger partial charge in [0.05, 0.1) is 17.0 Å². The Kier molecular flexibility index (Phi) is 10.7. The number of benzene rings is 3. The van der Waals surface area contributed by atoms with Gasteiger partial charge in [-0.15, -0.1) is 0 Å². The van der Waals surface area contributed by atoms with Crippen LogP contribution in [0.3, 0.4) is 0 Å². The van der Waals surface area contributed by atoms with E-state index in [0.717, 1.165) is 21.7 Å². The molecule has 7 nitrogen and oxygen atoms in total. The van der Waals surface area contributed by atoms with Crippen LogP contribution in [0.5, 0.6) is 0 Å². The van der Waals surface area contributed by atoms with Gasteiger partial charge in [-0.3, -0.25) is 13.9 Å². The average molecular weight is 611 g/mol. The van der Waals surface area contributed by atoms with Crippen molar-refractivity contribution < 1.29 is 18.0 Å². The van der Waals surface area contributed by atoms with Crippen LogP contribution in [0.1, 0.15) is 25.0 Å². The summed E-state index contributed by atoms with van der Waals surface area (Å²) < 4.78 is 26.6. The number of amides is 2. The number of anilines is 1. The van der Waals surface area contributed by atoms with E-state index in [4.69, 9.17) is 34.8 Å². The summed E-state index contributed by atoms with van der Waals surface area (Å²) in [6.45, 7) is 3.11. The topological polar surface area (TPSA) is 86.8 Å². The second-order valence-corrected chi connectivity index (χ2v) is 12.6. The zero-order valence-electron chi connectivity index (χ0n) is 21.8. The van der Waals surface area contributed by atoms with E-state index in [2.05, 4.69) is 5.32 Å². The van der Waals surface area contributed by atoms with Crippen molar-refractivity contribution in [3.63, 3.8) is 0 Å². The number of carbonyl (C=O) groups is 2. The van der Waals surface area contributed by atoms with Crippen LogP contribution in [-0.4, -0.2) is 50.0 Å². The molecule has 0 spiro atoms. The molecule has 1 N–H and O–H groups in total. The lowest BCUT2D eigenvalue weighted by Gasteiger charge is -2.34. The van der Waals surface area contributed by atoms with Gasteiger partial charge in [0, 0.05) is 29.1 Å². The summed E-state index contributed by atoms with van der Waals surface area (Å²) in [5.41, 5.74) is 1.63. The van der Waals surface area contributed by atoms with E-state index < -0.39 is 28.5 Å². The van der Waals surface area contributed by atoms with Gasteiger partial charge in [0.2, 0.25) is 21.8 Å². The van der Waals surface area contributed by atoms with Crippen LogP contribution >= 0.6 is 34.8 Å². The van der Waals surface area contributed by atoms with E-state index in [0.29, 0.717) is 5.02 Å². The highest BCUT2D eigenvalue weighted by atomic mass is 35.5. The number of nitrogens with zero attached hydrogens (tertiary/aromatic N) is 2. The molecule has 0 aliphatic rings. The summed E-state index contributed by atoms with van der Waals surface area (Å²) in [5.74, 6) is -0.950. The van der Waals surface area contributed by atoms with Crippen LogP contribution in [0.15, 0.2) is 72.8 Å². The predicted octanol–water partition coefficient (Wildman–Crippen LogP) is 5.58. The van der Waals surface area contributed by atoms with Gasteiger partial charge in [-0.25, -0.2) is 8.42 Å². The second-order valence-electron chi connectivity index (χ2n) is 9.38. The fourth-order valence-electron chi connectivity index (χ4n) is 3.99. The molecule has 1 atom stereocenters. The molecule has 3 aromatic rings. The SMILES string of the molecule is CC(C)NC(=O)[C@H](Cc1ccccc1)N(Cc1ccc(Cl)cc1)C(=O)CN(c1cc(Cl)ccc1Cl)S(C)(=O)=O. The first kappa shape index (κ1) is 30.8. The molecule has 0 heterocycles. The molecule has 0 saturated carbocycles. The van der Waals surface area contributed by atoms with Gasteiger partial charge in [-0.05, 0) is 55.3 Å². The van der Waals surface area contributed by atoms with Gasteiger partial charge >= 0.3 is 0 Å². The third-order valence-electron chi connectivity index (χ3n) is 5.82. The molecule has 39 heavy (non-hydrogen) atoms. The van der Waals surface area contributed by atoms with Crippen LogP contribution in [0.25, 0.3) is 0 Å². The van der Waals surface area contributed by atoms with Crippen LogP contribution in [-0.2, 0) is 32.6 Å². The number of hydrogen-bond acceptors (Lipinski definition) is 4. The predicted molar refractivity (Wildman–Crippen MR) is 158 cm³/mol. The zero-order chi connectivity index (χ0) is 28.7. The third kappa shape index (κ3) is 8.86. The van der Waals surface area contributed by atoms with Crippen molar-refractivity contribution in [2.45, 2.75) is 38.9 Å². The van der Waals surface area contributed by atoms with Crippen molar-refractivity contribution in [2.24, 2.45) is 0 Å². The average Bonchev–Trinajstić information content (AvgIpc) is 2.86. The van der Waals surface area contributed by atoms with Crippen molar-refractivity contribution in [3.05, 3.63) is 99.0 Å². The Morgan fingerprint density at radius 1 is 0.872 bits per heavy atom. The zero-order valence-corrected chi connectivity index (χ0v) is 24.9. The Balaban J connectivity index is 2.07. The quantitative estimate of drug-likeness (QED) is 0.307. The molecule has 11 heteroatoms. The number of hydrogen-bond donors (Lipinski definition) is 1.